The molecule has 7 nitrogen and oxygen atoms in total. The van der Waals surface area contributed by atoms with Crippen molar-refractivity contribution in [2.75, 3.05) is 32.5 Å². The van der Waals surface area contributed by atoms with Gasteiger partial charge in [0.15, 0.2) is 5.82 Å². The van der Waals surface area contributed by atoms with Crippen LogP contribution in [-0.4, -0.2) is 58.3 Å². The van der Waals surface area contributed by atoms with Crippen molar-refractivity contribution in [1.82, 2.24) is 20.0 Å². The molecule has 1 fully saturated rings. The SMILES string of the molecule is CN(C)Cc1cc(C2(O)CCN(C(=O)Nc3n[nH]c4ccccc34)CC2)ccc1Cl. The molecule has 2 amide bonds. The number of para-hydroxylation sites is 1. The van der Waals surface area contributed by atoms with Gasteiger partial charge in [-0.1, -0.05) is 35.9 Å². The number of hydrogen-bond donors (Lipinski definition) is 3. The molecule has 1 aliphatic heterocycles. The first-order valence-corrected chi connectivity index (χ1v) is 10.4. The van der Waals surface area contributed by atoms with Gasteiger partial charge in [-0.2, -0.15) is 5.10 Å². The number of piperidine rings is 1. The van der Waals surface area contributed by atoms with Crippen molar-refractivity contribution in [3.8, 4) is 0 Å². The number of anilines is 1. The minimum atomic E-state index is -0.971. The number of aromatic amines is 1. The monoisotopic (exact) mass is 427 g/mol. The van der Waals surface area contributed by atoms with Crippen molar-refractivity contribution in [2.45, 2.75) is 25.0 Å². The van der Waals surface area contributed by atoms with E-state index in [-0.39, 0.29) is 6.03 Å². The molecule has 0 spiro atoms. The van der Waals surface area contributed by atoms with Gasteiger partial charge < -0.3 is 14.9 Å². The number of H-pyrrole nitrogens is 1. The Morgan fingerprint density at radius 3 is 2.73 bits per heavy atom. The number of hydrogen-bond acceptors (Lipinski definition) is 4. The molecule has 1 saturated heterocycles. The Labute approximate surface area is 180 Å². The molecule has 4 rings (SSSR count). The molecule has 3 N–H and O–H groups in total. The van der Waals surface area contributed by atoms with Crippen LogP contribution >= 0.6 is 11.6 Å². The number of aromatic nitrogens is 2. The molecule has 0 aliphatic carbocycles. The number of benzene rings is 2. The van der Waals surface area contributed by atoms with Gasteiger partial charge in [0.1, 0.15) is 0 Å². The Morgan fingerprint density at radius 1 is 1.27 bits per heavy atom. The molecule has 0 saturated carbocycles. The third-order valence-corrected chi connectivity index (χ3v) is 6.01. The molecule has 0 radical (unpaired) electrons. The number of likely N-dealkylation sites (tertiary alicyclic amines) is 1. The fourth-order valence-corrected chi connectivity index (χ4v) is 4.11. The van der Waals surface area contributed by atoms with Crippen molar-refractivity contribution < 1.29 is 9.90 Å². The van der Waals surface area contributed by atoms with Crippen molar-refractivity contribution in [1.29, 1.82) is 0 Å². The lowest BCUT2D eigenvalue weighted by Gasteiger charge is -2.38. The van der Waals surface area contributed by atoms with Crippen LogP contribution in [-0.2, 0) is 12.1 Å². The zero-order valence-corrected chi connectivity index (χ0v) is 17.9. The molecule has 3 aromatic rings. The van der Waals surface area contributed by atoms with E-state index in [0.717, 1.165) is 22.0 Å². The van der Waals surface area contributed by atoms with Crippen LogP contribution in [0.5, 0.6) is 0 Å². The summed E-state index contributed by atoms with van der Waals surface area (Å²) in [5, 5.41) is 22.8. The predicted molar refractivity (Wildman–Crippen MR) is 119 cm³/mol. The second-order valence-electron chi connectivity index (χ2n) is 8.11. The number of fused-ring (bicyclic) bond motifs is 1. The average Bonchev–Trinajstić information content (AvgIpc) is 3.12. The topological polar surface area (TPSA) is 84.5 Å². The molecular weight excluding hydrogens is 402 g/mol. The third kappa shape index (κ3) is 4.14. The molecule has 0 bridgehead atoms. The minimum Gasteiger partial charge on any atom is -0.385 e. The molecule has 0 atom stereocenters. The van der Waals surface area contributed by atoms with E-state index >= 15 is 0 Å². The number of halogens is 1. The van der Waals surface area contributed by atoms with Crippen molar-refractivity contribution in [3.05, 3.63) is 58.6 Å². The van der Waals surface area contributed by atoms with E-state index in [9.17, 15) is 9.90 Å². The first kappa shape index (κ1) is 20.7. The molecule has 1 aliphatic rings. The Kier molecular flexibility index (Phi) is 5.69. The summed E-state index contributed by atoms with van der Waals surface area (Å²) in [5.74, 6) is 0.516. The first-order chi connectivity index (χ1) is 14.4. The van der Waals surface area contributed by atoms with Gasteiger partial charge in [-0.15, -0.1) is 0 Å². The van der Waals surface area contributed by atoms with E-state index in [1.807, 2.05) is 61.5 Å². The number of nitrogens with one attached hydrogen (secondary N) is 2. The number of amides is 2. The van der Waals surface area contributed by atoms with Crippen LogP contribution in [0.2, 0.25) is 5.02 Å². The summed E-state index contributed by atoms with van der Waals surface area (Å²) in [6.07, 6.45) is 0.926. The zero-order valence-electron chi connectivity index (χ0n) is 17.2. The Bertz CT molecular complexity index is 1060. The molecule has 8 heteroatoms. The molecule has 2 aromatic carbocycles. The number of carbonyl (C=O) groups is 1. The summed E-state index contributed by atoms with van der Waals surface area (Å²) in [7, 11) is 3.97. The quantitative estimate of drug-likeness (QED) is 0.591. The zero-order chi connectivity index (χ0) is 21.3. The van der Waals surface area contributed by atoms with Crippen LogP contribution in [0.1, 0.15) is 24.0 Å². The van der Waals surface area contributed by atoms with Gasteiger partial charge in [0.05, 0.1) is 11.1 Å². The average molecular weight is 428 g/mol. The summed E-state index contributed by atoms with van der Waals surface area (Å²) >= 11 is 6.32. The van der Waals surface area contributed by atoms with Crippen LogP contribution in [0.25, 0.3) is 10.9 Å². The fourth-order valence-electron chi connectivity index (χ4n) is 3.93. The third-order valence-electron chi connectivity index (χ3n) is 5.64. The Balaban J connectivity index is 1.43. The highest BCUT2D eigenvalue weighted by atomic mass is 35.5. The summed E-state index contributed by atoms with van der Waals surface area (Å²) < 4.78 is 0. The van der Waals surface area contributed by atoms with Gasteiger partial charge in [0.25, 0.3) is 0 Å². The summed E-state index contributed by atoms with van der Waals surface area (Å²) in [4.78, 5) is 16.5. The van der Waals surface area contributed by atoms with Crippen molar-refractivity contribution in [2.24, 2.45) is 0 Å². The van der Waals surface area contributed by atoms with Gasteiger partial charge in [-0.05, 0) is 56.3 Å². The number of nitrogens with zero attached hydrogens (tertiary/aromatic N) is 3. The first-order valence-electron chi connectivity index (χ1n) is 10.0. The minimum absolute atomic E-state index is 0.210. The maximum absolute atomic E-state index is 12.7. The lowest BCUT2D eigenvalue weighted by Crippen LogP contribution is -2.46. The molecule has 158 valence electrons. The highest BCUT2D eigenvalue weighted by Crippen LogP contribution is 2.35. The summed E-state index contributed by atoms with van der Waals surface area (Å²) in [6.45, 7) is 1.61. The van der Waals surface area contributed by atoms with Crippen LogP contribution in [0.15, 0.2) is 42.5 Å². The Morgan fingerprint density at radius 2 is 2.00 bits per heavy atom. The van der Waals surface area contributed by atoms with Gasteiger partial charge >= 0.3 is 6.03 Å². The molecule has 30 heavy (non-hydrogen) atoms. The largest absolute Gasteiger partial charge is 0.385 e. The lowest BCUT2D eigenvalue weighted by atomic mass is 9.84. The smallest absolute Gasteiger partial charge is 0.323 e. The lowest BCUT2D eigenvalue weighted by molar-refractivity contribution is -0.0157. The van der Waals surface area contributed by atoms with Crippen LogP contribution in [0, 0.1) is 0 Å². The van der Waals surface area contributed by atoms with Gasteiger partial charge in [-0.25, -0.2) is 4.79 Å². The normalized spacial score (nSPS) is 16.2. The highest BCUT2D eigenvalue weighted by Gasteiger charge is 2.36. The highest BCUT2D eigenvalue weighted by molar-refractivity contribution is 6.31. The molecule has 1 aromatic heterocycles. The predicted octanol–water partition coefficient (Wildman–Crippen LogP) is 3.79. The van der Waals surface area contributed by atoms with Gasteiger partial charge in [-0.3, -0.25) is 10.4 Å². The molecule has 2 heterocycles. The summed E-state index contributed by atoms with van der Waals surface area (Å²) in [6, 6.07) is 13.1. The van der Waals surface area contributed by atoms with E-state index in [4.69, 9.17) is 11.6 Å². The Hall–Kier alpha value is -2.61. The summed E-state index contributed by atoms with van der Waals surface area (Å²) in [5.41, 5.74) is 1.74. The van der Waals surface area contributed by atoms with Crippen LogP contribution < -0.4 is 5.32 Å². The van der Waals surface area contributed by atoms with Crippen molar-refractivity contribution >= 4 is 34.4 Å². The van der Waals surface area contributed by atoms with Crippen LogP contribution in [0.3, 0.4) is 0 Å². The second kappa shape index (κ2) is 8.26. The molecule has 0 unspecified atom stereocenters. The van der Waals surface area contributed by atoms with E-state index in [2.05, 4.69) is 15.5 Å². The van der Waals surface area contributed by atoms with Gasteiger partial charge in [0, 0.05) is 30.0 Å². The number of aliphatic hydroxyl groups is 1. The molecular formula is C22H26ClN5O2. The van der Waals surface area contributed by atoms with E-state index in [1.165, 1.54) is 0 Å². The number of urea groups is 1. The van der Waals surface area contributed by atoms with E-state index in [0.29, 0.717) is 43.3 Å². The maximum atomic E-state index is 12.7. The number of rotatable bonds is 4. The van der Waals surface area contributed by atoms with E-state index in [1.54, 1.807) is 4.90 Å². The number of carbonyl (C=O) groups excluding carboxylic acids is 1. The maximum Gasteiger partial charge on any atom is 0.323 e. The second-order valence-corrected chi connectivity index (χ2v) is 8.52. The standard InChI is InChI=1S/C22H26ClN5O2/c1-27(2)14-15-13-16(7-8-18(15)23)22(30)9-11-28(12-10-22)21(29)24-20-17-5-3-4-6-19(17)25-26-20/h3-8,13,30H,9-12,14H2,1-2H3,(H2,24,25,26,29). The van der Waals surface area contributed by atoms with Crippen LogP contribution in [0.4, 0.5) is 10.6 Å². The fraction of sp³-hybridized carbons (Fsp3) is 0.364. The van der Waals surface area contributed by atoms with Gasteiger partial charge in [0.2, 0.25) is 0 Å². The van der Waals surface area contributed by atoms with E-state index < -0.39 is 5.60 Å². The van der Waals surface area contributed by atoms with Crippen molar-refractivity contribution in [3.63, 3.8) is 0 Å².